The Bertz CT molecular complexity index is 275. The van der Waals surface area contributed by atoms with Crippen molar-refractivity contribution in [2.45, 2.75) is 70.3 Å². The molecule has 0 aromatic heterocycles. The molecule has 2 saturated carbocycles. The molecule has 0 aromatic rings. The van der Waals surface area contributed by atoms with Crippen molar-refractivity contribution in [1.29, 1.82) is 0 Å². The number of esters is 1. The number of hydrogen-bond acceptors (Lipinski definition) is 2. The van der Waals surface area contributed by atoms with E-state index in [9.17, 15) is 4.79 Å². The standard InChI is InChI=1S/C15H24O2/c16-15-13(11-5-1-2-6-11)9-10-14(17-15)12-7-3-4-8-12/h11-14H,1-10H2. The summed E-state index contributed by atoms with van der Waals surface area (Å²) in [6.45, 7) is 0. The molecule has 1 aliphatic heterocycles. The van der Waals surface area contributed by atoms with Gasteiger partial charge < -0.3 is 4.74 Å². The van der Waals surface area contributed by atoms with Gasteiger partial charge in [0.2, 0.25) is 0 Å². The minimum atomic E-state index is 0.139. The Morgan fingerprint density at radius 3 is 1.94 bits per heavy atom. The van der Waals surface area contributed by atoms with Gasteiger partial charge in [-0.3, -0.25) is 4.79 Å². The van der Waals surface area contributed by atoms with Gasteiger partial charge in [-0.25, -0.2) is 0 Å². The molecule has 2 atom stereocenters. The van der Waals surface area contributed by atoms with Gasteiger partial charge in [-0.15, -0.1) is 0 Å². The highest BCUT2D eigenvalue weighted by Gasteiger charge is 2.39. The van der Waals surface area contributed by atoms with E-state index in [-0.39, 0.29) is 18.0 Å². The van der Waals surface area contributed by atoms with Crippen LogP contribution in [0.15, 0.2) is 0 Å². The quantitative estimate of drug-likeness (QED) is 0.683. The minimum Gasteiger partial charge on any atom is -0.462 e. The lowest BCUT2D eigenvalue weighted by Gasteiger charge is -2.34. The molecule has 3 rings (SSSR count). The number of hydrogen-bond donors (Lipinski definition) is 0. The number of rotatable bonds is 2. The Morgan fingerprint density at radius 1 is 0.765 bits per heavy atom. The number of carbonyl (C=O) groups excluding carboxylic acids is 1. The first kappa shape index (κ1) is 11.6. The zero-order valence-corrected chi connectivity index (χ0v) is 10.7. The smallest absolute Gasteiger partial charge is 0.309 e. The fraction of sp³-hybridized carbons (Fsp3) is 0.933. The summed E-state index contributed by atoms with van der Waals surface area (Å²) in [6.07, 6.45) is 12.9. The van der Waals surface area contributed by atoms with E-state index < -0.39 is 0 Å². The normalized spacial score (nSPS) is 36.4. The van der Waals surface area contributed by atoms with E-state index >= 15 is 0 Å². The van der Waals surface area contributed by atoms with Crippen molar-refractivity contribution in [2.75, 3.05) is 0 Å². The van der Waals surface area contributed by atoms with Crippen molar-refractivity contribution in [3.63, 3.8) is 0 Å². The van der Waals surface area contributed by atoms with E-state index in [2.05, 4.69) is 0 Å². The molecule has 2 heteroatoms. The van der Waals surface area contributed by atoms with Crippen LogP contribution in [0.1, 0.15) is 64.2 Å². The lowest BCUT2D eigenvalue weighted by Crippen LogP contribution is -2.37. The second-order valence-corrected chi connectivity index (χ2v) is 6.25. The highest BCUT2D eigenvalue weighted by molar-refractivity contribution is 5.73. The molecule has 96 valence electrons. The average molecular weight is 236 g/mol. The van der Waals surface area contributed by atoms with Gasteiger partial charge in [0, 0.05) is 0 Å². The van der Waals surface area contributed by atoms with Crippen LogP contribution in [-0.4, -0.2) is 12.1 Å². The van der Waals surface area contributed by atoms with E-state index in [1.54, 1.807) is 0 Å². The van der Waals surface area contributed by atoms with Crippen LogP contribution >= 0.6 is 0 Å². The lowest BCUT2D eigenvalue weighted by molar-refractivity contribution is -0.166. The molecule has 0 radical (unpaired) electrons. The molecule has 0 amide bonds. The van der Waals surface area contributed by atoms with Crippen molar-refractivity contribution in [1.82, 2.24) is 0 Å². The van der Waals surface area contributed by atoms with Gasteiger partial charge in [-0.05, 0) is 50.4 Å². The molecule has 0 spiro atoms. The van der Waals surface area contributed by atoms with Crippen molar-refractivity contribution in [3.8, 4) is 0 Å². The highest BCUT2D eigenvalue weighted by Crippen LogP contribution is 2.40. The first-order chi connectivity index (χ1) is 8.34. The van der Waals surface area contributed by atoms with Crippen molar-refractivity contribution >= 4 is 5.97 Å². The molecule has 1 saturated heterocycles. The third-order valence-electron chi connectivity index (χ3n) is 5.23. The fourth-order valence-electron chi connectivity index (χ4n) is 4.21. The fourth-order valence-corrected chi connectivity index (χ4v) is 4.21. The molecular weight excluding hydrogens is 212 g/mol. The summed E-state index contributed by atoms with van der Waals surface area (Å²) >= 11 is 0. The van der Waals surface area contributed by atoms with Crippen LogP contribution in [0.5, 0.6) is 0 Å². The van der Waals surface area contributed by atoms with Crippen LogP contribution in [0.2, 0.25) is 0 Å². The molecule has 17 heavy (non-hydrogen) atoms. The molecule has 3 aliphatic rings. The van der Waals surface area contributed by atoms with Crippen LogP contribution < -0.4 is 0 Å². The van der Waals surface area contributed by atoms with Crippen molar-refractivity contribution < 1.29 is 9.53 Å². The highest BCUT2D eigenvalue weighted by atomic mass is 16.5. The van der Waals surface area contributed by atoms with Crippen LogP contribution in [0.25, 0.3) is 0 Å². The van der Waals surface area contributed by atoms with Gasteiger partial charge in [0.05, 0.1) is 5.92 Å². The van der Waals surface area contributed by atoms with Gasteiger partial charge >= 0.3 is 5.97 Å². The second-order valence-electron chi connectivity index (χ2n) is 6.25. The summed E-state index contributed by atoms with van der Waals surface area (Å²) in [6, 6.07) is 0. The molecule has 1 heterocycles. The predicted molar refractivity (Wildman–Crippen MR) is 66.5 cm³/mol. The van der Waals surface area contributed by atoms with E-state index in [4.69, 9.17) is 4.74 Å². The number of ether oxygens (including phenoxy) is 1. The Morgan fingerprint density at radius 2 is 1.35 bits per heavy atom. The van der Waals surface area contributed by atoms with Gasteiger partial charge in [-0.2, -0.15) is 0 Å². The summed E-state index contributed by atoms with van der Waals surface area (Å²) < 4.78 is 5.76. The monoisotopic (exact) mass is 236 g/mol. The van der Waals surface area contributed by atoms with E-state index in [0.29, 0.717) is 11.8 Å². The largest absolute Gasteiger partial charge is 0.462 e. The zero-order valence-electron chi connectivity index (χ0n) is 10.7. The molecule has 3 fully saturated rings. The maximum Gasteiger partial charge on any atom is 0.309 e. The number of carbonyl (C=O) groups is 1. The van der Waals surface area contributed by atoms with Crippen LogP contribution in [0, 0.1) is 17.8 Å². The van der Waals surface area contributed by atoms with E-state index in [0.717, 1.165) is 12.8 Å². The third kappa shape index (κ3) is 2.36. The van der Waals surface area contributed by atoms with E-state index in [1.165, 1.54) is 51.4 Å². The van der Waals surface area contributed by atoms with Gasteiger partial charge in [0.1, 0.15) is 6.10 Å². The van der Waals surface area contributed by atoms with Crippen LogP contribution in [0.3, 0.4) is 0 Å². The molecular formula is C15H24O2. The average Bonchev–Trinajstić information content (AvgIpc) is 3.02. The first-order valence-corrected chi connectivity index (χ1v) is 7.55. The van der Waals surface area contributed by atoms with Gasteiger partial charge in [-0.1, -0.05) is 25.7 Å². The Kier molecular flexibility index (Phi) is 3.39. The topological polar surface area (TPSA) is 26.3 Å². The first-order valence-electron chi connectivity index (χ1n) is 7.55. The molecule has 2 nitrogen and oxygen atoms in total. The van der Waals surface area contributed by atoms with Crippen molar-refractivity contribution in [2.24, 2.45) is 17.8 Å². The Balaban J connectivity index is 1.57. The maximum absolute atomic E-state index is 12.1. The zero-order chi connectivity index (χ0) is 11.7. The minimum absolute atomic E-state index is 0.139. The molecule has 0 aromatic carbocycles. The Hall–Kier alpha value is -0.530. The van der Waals surface area contributed by atoms with Crippen molar-refractivity contribution in [3.05, 3.63) is 0 Å². The summed E-state index contributed by atoms with van der Waals surface area (Å²) in [4.78, 5) is 12.1. The summed E-state index contributed by atoms with van der Waals surface area (Å²) in [5.41, 5.74) is 0. The lowest BCUT2D eigenvalue weighted by atomic mass is 9.82. The predicted octanol–water partition coefficient (Wildman–Crippen LogP) is 3.69. The Labute approximate surface area is 104 Å². The molecule has 2 unspecified atom stereocenters. The maximum atomic E-state index is 12.1. The van der Waals surface area contributed by atoms with Crippen LogP contribution in [-0.2, 0) is 9.53 Å². The van der Waals surface area contributed by atoms with Gasteiger partial charge in [0.25, 0.3) is 0 Å². The van der Waals surface area contributed by atoms with Gasteiger partial charge in [0.15, 0.2) is 0 Å². The summed E-state index contributed by atoms with van der Waals surface area (Å²) in [5, 5.41) is 0. The molecule has 0 N–H and O–H groups in total. The second kappa shape index (κ2) is 4.99. The van der Waals surface area contributed by atoms with Crippen LogP contribution in [0.4, 0.5) is 0 Å². The number of cyclic esters (lactones) is 1. The summed E-state index contributed by atoms with van der Waals surface area (Å²) in [7, 11) is 0. The summed E-state index contributed by atoms with van der Waals surface area (Å²) in [5.74, 6) is 1.71. The SMILES string of the molecule is O=C1OC(C2CCCC2)CCC1C1CCCC1. The van der Waals surface area contributed by atoms with E-state index in [1.807, 2.05) is 0 Å². The third-order valence-corrected chi connectivity index (χ3v) is 5.23. The molecule has 0 bridgehead atoms. The molecule has 2 aliphatic carbocycles.